The molecule has 0 aromatic carbocycles. The minimum absolute atomic E-state index is 0.747. The first kappa shape index (κ1) is 15.3. The molecule has 0 aromatic rings. The van der Waals surface area contributed by atoms with Crippen LogP contribution in [0.4, 0.5) is 0 Å². The van der Waals surface area contributed by atoms with Gasteiger partial charge in [0.1, 0.15) is 0 Å². The number of thioether (sulfide) groups is 1. The van der Waals surface area contributed by atoms with E-state index in [1.807, 2.05) is 0 Å². The van der Waals surface area contributed by atoms with Crippen LogP contribution in [0.25, 0.3) is 0 Å². The van der Waals surface area contributed by atoms with E-state index in [1.54, 1.807) is 0 Å². The average molecular weight is 259 g/mol. The Hall–Kier alpha value is 0.230. The molecule has 1 aliphatic rings. The maximum atomic E-state index is 3.62. The molecule has 1 N–H and O–H groups in total. The van der Waals surface area contributed by atoms with E-state index < -0.39 is 0 Å². The SMILES string of the molecule is CCN(CCCN(C)C)CCC1CSCCN1. The van der Waals surface area contributed by atoms with Crippen molar-refractivity contribution >= 4 is 11.8 Å². The summed E-state index contributed by atoms with van der Waals surface area (Å²) >= 11 is 2.10. The minimum atomic E-state index is 0.747. The molecule has 1 atom stereocenters. The van der Waals surface area contributed by atoms with Crippen molar-refractivity contribution in [3.05, 3.63) is 0 Å². The Kier molecular flexibility index (Phi) is 8.27. The number of hydrogen-bond acceptors (Lipinski definition) is 4. The molecule has 17 heavy (non-hydrogen) atoms. The van der Waals surface area contributed by atoms with Crippen LogP contribution < -0.4 is 5.32 Å². The van der Waals surface area contributed by atoms with Crippen LogP contribution >= 0.6 is 11.8 Å². The zero-order chi connectivity index (χ0) is 12.5. The van der Waals surface area contributed by atoms with E-state index in [2.05, 4.69) is 47.9 Å². The largest absolute Gasteiger partial charge is 0.312 e. The van der Waals surface area contributed by atoms with Crippen molar-refractivity contribution in [3.63, 3.8) is 0 Å². The maximum absolute atomic E-state index is 3.62. The van der Waals surface area contributed by atoms with Crippen molar-refractivity contribution < 1.29 is 0 Å². The number of nitrogens with zero attached hydrogens (tertiary/aromatic N) is 2. The second-order valence-corrected chi connectivity index (χ2v) is 6.26. The van der Waals surface area contributed by atoms with Gasteiger partial charge in [-0.25, -0.2) is 0 Å². The summed E-state index contributed by atoms with van der Waals surface area (Å²) in [6.07, 6.45) is 2.59. The minimum Gasteiger partial charge on any atom is -0.312 e. The van der Waals surface area contributed by atoms with Gasteiger partial charge in [-0.1, -0.05) is 6.92 Å². The highest BCUT2D eigenvalue weighted by atomic mass is 32.2. The molecule has 0 saturated carbocycles. The van der Waals surface area contributed by atoms with Gasteiger partial charge in [-0.2, -0.15) is 11.8 Å². The quantitative estimate of drug-likeness (QED) is 0.709. The molecule has 1 saturated heterocycles. The second-order valence-electron chi connectivity index (χ2n) is 5.11. The maximum Gasteiger partial charge on any atom is 0.0170 e. The van der Waals surface area contributed by atoms with Crippen LogP contribution in [0.3, 0.4) is 0 Å². The molecule has 1 fully saturated rings. The molecule has 1 unspecified atom stereocenters. The van der Waals surface area contributed by atoms with Gasteiger partial charge < -0.3 is 15.1 Å². The van der Waals surface area contributed by atoms with Gasteiger partial charge in [0, 0.05) is 24.1 Å². The predicted molar refractivity (Wildman–Crippen MR) is 79.0 cm³/mol. The number of hydrogen-bond donors (Lipinski definition) is 1. The normalized spacial score (nSPS) is 21.4. The van der Waals surface area contributed by atoms with Crippen LogP contribution in [0, 0.1) is 0 Å². The highest BCUT2D eigenvalue weighted by molar-refractivity contribution is 7.99. The van der Waals surface area contributed by atoms with Gasteiger partial charge in [-0.05, 0) is 53.1 Å². The predicted octanol–water partition coefficient (Wildman–Crippen LogP) is 1.36. The third kappa shape index (κ3) is 7.29. The molecule has 1 rings (SSSR count). The van der Waals surface area contributed by atoms with Gasteiger partial charge in [-0.3, -0.25) is 0 Å². The third-order valence-corrected chi connectivity index (χ3v) is 4.45. The number of nitrogens with one attached hydrogen (secondary N) is 1. The molecule has 0 aromatic heterocycles. The van der Waals surface area contributed by atoms with Crippen LogP contribution in [0.2, 0.25) is 0 Å². The lowest BCUT2D eigenvalue weighted by Crippen LogP contribution is -2.40. The lowest BCUT2D eigenvalue weighted by Gasteiger charge is -2.27. The molecule has 3 nitrogen and oxygen atoms in total. The summed E-state index contributed by atoms with van der Waals surface area (Å²) in [6.45, 7) is 8.36. The first-order valence-electron chi connectivity index (χ1n) is 6.90. The van der Waals surface area contributed by atoms with Crippen molar-refractivity contribution in [2.24, 2.45) is 0 Å². The van der Waals surface area contributed by atoms with Crippen molar-refractivity contribution in [3.8, 4) is 0 Å². The zero-order valence-corrected chi connectivity index (χ0v) is 12.6. The van der Waals surface area contributed by atoms with E-state index in [4.69, 9.17) is 0 Å². The summed E-state index contributed by atoms with van der Waals surface area (Å²) in [6, 6.07) is 0.747. The molecule has 0 bridgehead atoms. The summed E-state index contributed by atoms with van der Waals surface area (Å²) < 4.78 is 0. The van der Waals surface area contributed by atoms with Crippen molar-refractivity contribution in [2.45, 2.75) is 25.8 Å². The average Bonchev–Trinajstić information content (AvgIpc) is 2.34. The van der Waals surface area contributed by atoms with E-state index in [0.717, 1.165) is 6.04 Å². The Morgan fingerprint density at radius 2 is 2.06 bits per heavy atom. The Morgan fingerprint density at radius 3 is 2.65 bits per heavy atom. The van der Waals surface area contributed by atoms with Gasteiger partial charge in [-0.15, -0.1) is 0 Å². The monoisotopic (exact) mass is 259 g/mol. The molecular weight excluding hydrogens is 230 g/mol. The van der Waals surface area contributed by atoms with Gasteiger partial charge in [0.25, 0.3) is 0 Å². The van der Waals surface area contributed by atoms with Crippen molar-refractivity contribution in [2.75, 3.05) is 58.3 Å². The smallest absolute Gasteiger partial charge is 0.0170 e. The van der Waals surface area contributed by atoms with E-state index >= 15 is 0 Å². The fraction of sp³-hybridized carbons (Fsp3) is 1.00. The fourth-order valence-corrected chi connectivity index (χ4v) is 3.18. The topological polar surface area (TPSA) is 18.5 Å². The van der Waals surface area contributed by atoms with Gasteiger partial charge >= 0.3 is 0 Å². The molecule has 102 valence electrons. The molecule has 0 radical (unpaired) electrons. The van der Waals surface area contributed by atoms with Gasteiger partial charge in [0.2, 0.25) is 0 Å². The van der Waals surface area contributed by atoms with Crippen LogP contribution in [0.5, 0.6) is 0 Å². The Labute approximate surface area is 111 Å². The first-order valence-corrected chi connectivity index (χ1v) is 8.06. The van der Waals surface area contributed by atoms with Crippen LogP contribution in [0.15, 0.2) is 0 Å². The molecule has 1 heterocycles. The van der Waals surface area contributed by atoms with Crippen molar-refractivity contribution in [1.82, 2.24) is 15.1 Å². The molecule has 1 aliphatic heterocycles. The summed E-state index contributed by atoms with van der Waals surface area (Å²) in [5.41, 5.74) is 0. The summed E-state index contributed by atoms with van der Waals surface area (Å²) in [5.74, 6) is 2.59. The second kappa shape index (κ2) is 9.20. The summed E-state index contributed by atoms with van der Waals surface area (Å²) in [4.78, 5) is 4.86. The zero-order valence-electron chi connectivity index (χ0n) is 11.7. The lowest BCUT2D eigenvalue weighted by atomic mass is 10.2. The third-order valence-electron chi connectivity index (χ3n) is 3.32. The van der Waals surface area contributed by atoms with Crippen LogP contribution in [-0.2, 0) is 0 Å². The molecular formula is C13H29N3S. The van der Waals surface area contributed by atoms with Gasteiger partial charge in [0.05, 0.1) is 0 Å². The molecule has 4 heteroatoms. The van der Waals surface area contributed by atoms with E-state index in [9.17, 15) is 0 Å². The van der Waals surface area contributed by atoms with Crippen molar-refractivity contribution in [1.29, 1.82) is 0 Å². The van der Waals surface area contributed by atoms with Gasteiger partial charge in [0.15, 0.2) is 0 Å². The Bertz CT molecular complexity index is 182. The van der Waals surface area contributed by atoms with E-state index in [0.29, 0.717) is 0 Å². The highest BCUT2D eigenvalue weighted by Crippen LogP contribution is 2.10. The fourth-order valence-electron chi connectivity index (χ4n) is 2.18. The molecule has 0 aliphatic carbocycles. The van der Waals surface area contributed by atoms with E-state index in [1.165, 1.54) is 57.1 Å². The summed E-state index contributed by atoms with van der Waals surface area (Å²) in [5, 5.41) is 3.62. The first-order chi connectivity index (χ1) is 8.22. The summed E-state index contributed by atoms with van der Waals surface area (Å²) in [7, 11) is 4.30. The van der Waals surface area contributed by atoms with Crippen LogP contribution in [-0.4, -0.2) is 74.2 Å². The molecule has 0 amide bonds. The van der Waals surface area contributed by atoms with Crippen LogP contribution in [0.1, 0.15) is 19.8 Å². The van der Waals surface area contributed by atoms with E-state index in [-0.39, 0.29) is 0 Å². The Balaban J connectivity index is 2.08. The standard InChI is InChI=1S/C13H29N3S/c1-4-16(9-5-8-15(2)3)10-6-13-12-17-11-7-14-13/h13-14H,4-12H2,1-3H3. The lowest BCUT2D eigenvalue weighted by molar-refractivity contribution is 0.254. The molecule has 0 spiro atoms. The Morgan fingerprint density at radius 1 is 1.24 bits per heavy atom. The highest BCUT2D eigenvalue weighted by Gasteiger charge is 2.13. The number of rotatable bonds is 8.